The number of hydrogen-bond acceptors (Lipinski definition) is 4. The molecule has 218 valence electrons. The van der Waals surface area contributed by atoms with Crippen LogP contribution >= 0.6 is 0 Å². The first-order valence-electron chi connectivity index (χ1n) is 15.9. The summed E-state index contributed by atoms with van der Waals surface area (Å²) in [5.41, 5.74) is 0.862. The van der Waals surface area contributed by atoms with Crippen LogP contribution in [0, 0.1) is 11.8 Å². The zero-order chi connectivity index (χ0) is 28.2. The number of rotatable bonds is 22. The second kappa shape index (κ2) is 21.0. The Labute approximate surface area is 234 Å². The highest BCUT2D eigenvalue weighted by atomic mass is 16.5. The molecule has 4 atom stereocenters. The first-order chi connectivity index (χ1) is 18.4. The molecule has 4 unspecified atom stereocenters. The fourth-order valence-corrected chi connectivity index (χ4v) is 5.36. The van der Waals surface area contributed by atoms with E-state index in [9.17, 15) is 9.59 Å². The fourth-order valence-electron chi connectivity index (χ4n) is 5.36. The molecule has 0 heterocycles. The molecule has 0 radical (unpaired) electrons. The smallest absolute Gasteiger partial charge is 0.338 e. The van der Waals surface area contributed by atoms with Crippen molar-refractivity contribution in [2.24, 2.45) is 11.8 Å². The van der Waals surface area contributed by atoms with Gasteiger partial charge in [0, 0.05) is 0 Å². The van der Waals surface area contributed by atoms with Gasteiger partial charge < -0.3 is 9.47 Å². The van der Waals surface area contributed by atoms with Crippen LogP contribution in [-0.4, -0.2) is 24.1 Å². The maximum Gasteiger partial charge on any atom is 0.338 e. The molecule has 1 aromatic rings. The van der Waals surface area contributed by atoms with Gasteiger partial charge >= 0.3 is 11.9 Å². The minimum Gasteiger partial charge on any atom is -0.459 e. The maximum absolute atomic E-state index is 13.1. The van der Waals surface area contributed by atoms with Crippen molar-refractivity contribution in [2.45, 2.75) is 156 Å². The van der Waals surface area contributed by atoms with E-state index in [-0.39, 0.29) is 24.1 Å². The molecule has 38 heavy (non-hydrogen) atoms. The highest BCUT2D eigenvalue weighted by Gasteiger charge is 2.21. The molecule has 0 saturated heterocycles. The van der Waals surface area contributed by atoms with Crippen molar-refractivity contribution >= 4 is 11.9 Å². The Morgan fingerprint density at radius 1 is 0.579 bits per heavy atom. The quantitative estimate of drug-likeness (QED) is 0.140. The van der Waals surface area contributed by atoms with E-state index in [1.807, 2.05) is 0 Å². The third kappa shape index (κ3) is 13.8. The molecule has 0 saturated carbocycles. The van der Waals surface area contributed by atoms with Gasteiger partial charge in [-0.05, 0) is 68.6 Å². The van der Waals surface area contributed by atoms with Crippen LogP contribution in [-0.2, 0) is 9.47 Å². The number of carbonyl (C=O) groups is 2. The summed E-state index contributed by atoms with van der Waals surface area (Å²) in [5.74, 6) is 0.710. The van der Waals surface area contributed by atoms with Crippen LogP contribution in [0.3, 0.4) is 0 Å². The molecule has 0 aromatic heterocycles. The monoisotopic (exact) mass is 530 g/mol. The SMILES string of the molecule is CCCCC(CCC(CC)CCC)OC(=O)c1cccc(C(=O)OC(CCCC)CCC(CC)CCC)c1. The molecule has 0 aliphatic heterocycles. The van der Waals surface area contributed by atoms with Gasteiger partial charge in [0.15, 0.2) is 0 Å². The lowest BCUT2D eigenvalue weighted by Crippen LogP contribution is -2.21. The zero-order valence-corrected chi connectivity index (χ0v) is 25.6. The standard InChI is InChI=1S/C34H58O4/c1-7-13-20-31(24-22-27(11-5)16-9-3)37-33(35)29-18-15-19-30(26-29)34(36)38-32(21-14-8-2)25-23-28(12-6)17-10-4/h15,18-19,26-28,31-32H,7-14,16-17,20-25H2,1-6H3. The van der Waals surface area contributed by atoms with E-state index < -0.39 is 0 Å². The molecule has 0 N–H and O–H groups in total. The van der Waals surface area contributed by atoms with Crippen LogP contribution in [0.4, 0.5) is 0 Å². The van der Waals surface area contributed by atoms with Gasteiger partial charge in [0.25, 0.3) is 0 Å². The number of unbranched alkanes of at least 4 members (excludes halogenated alkanes) is 2. The van der Waals surface area contributed by atoms with E-state index in [4.69, 9.17) is 9.47 Å². The summed E-state index contributed by atoms with van der Waals surface area (Å²) in [7, 11) is 0. The summed E-state index contributed by atoms with van der Waals surface area (Å²) < 4.78 is 12.0. The fraction of sp³-hybridized carbons (Fsp3) is 0.765. The third-order valence-electron chi connectivity index (χ3n) is 7.98. The average Bonchev–Trinajstić information content (AvgIpc) is 2.94. The Morgan fingerprint density at radius 2 is 1.00 bits per heavy atom. The minimum absolute atomic E-state index is 0.0722. The van der Waals surface area contributed by atoms with Crippen molar-refractivity contribution in [3.8, 4) is 0 Å². The van der Waals surface area contributed by atoms with Crippen LogP contribution < -0.4 is 0 Å². The van der Waals surface area contributed by atoms with E-state index in [2.05, 4.69) is 41.5 Å². The summed E-state index contributed by atoms with van der Waals surface area (Å²) in [6.45, 7) is 13.3. The summed E-state index contributed by atoms with van der Waals surface area (Å²) >= 11 is 0. The lowest BCUT2D eigenvalue weighted by atomic mass is 9.93. The number of esters is 2. The Bertz CT molecular complexity index is 699. The molecular weight excluding hydrogens is 472 g/mol. The van der Waals surface area contributed by atoms with Crippen molar-refractivity contribution in [2.75, 3.05) is 0 Å². The summed E-state index contributed by atoms with van der Waals surface area (Å²) in [4.78, 5) is 26.2. The van der Waals surface area contributed by atoms with Gasteiger partial charge in [-0.2, -0.15) is 0 Å². The number of benzene rings is 1. The third-order valence-corrected chi connectivity index (χ3v) is 7.98. The van der Waals surface area contributed by atoms with E-state index >= 15 is 0 Å². The van der Waals surface area contributed by atoms with Crippen LogP contribution in [0.2, 0.25) is 0 Å². The lowest BCUT2D eigenvalue weighted by Gasteiger charge is -2.22. The molecular formula is C34H58O4. The van der Waals surface area contributed by atoms with Gasteiger partial charge in [-0.1, -0.05) is 112 Å². The lowest BCUT2D eigenvalue weighted by molar-refractivity contribution is 0.0237. The number of hydrogen-bond donors (Lipinski definition) is 0. The molecule has 0 aliphatic carbocycles. The largest absolute Gasteiger partial charge is 0.459 e. The van der Waals surface area contributed by atoms with E-state index in [1.54, 1.807) is 24.3 Å². The summed E-state index contributed by atoms with van der Waals surface area (Å²) in [6.07, 6.45) is 17.1. The topological polar surface area (TPSA) is 52.6 Å². The van der Waals surface area contributed by atoms with Gasteiger partial charge in [-0.15, -0.1) is 0 Å². The average molecular weight is 531 g/mol. The van der Waals surface area contributed by atoms with Gasteiger partial charge in [-0.25, -0.2) is 9.59 Å². The Kier molecular flexibility index (Phi) is 18.9. The Morgan fingerprint density at radius 3 is 1.34 bits per heavy atom. The molecule has 0 spiro atoms. The van der Waals surface area contributed by atoms with E-state index in [0.29, 0.717) is 23.0 Å². The number of carbonyl (C=O) groups excluding carboxylic acids is 2. The second-order valence-electron chi connectivity index (χ2n) is 11.2. The van der Waals surface area contributed by atoms with E-state index in [1.165, 1.54) is 38.5 Å². The zero-order valence-electron chi connectivity index (χ0n) is 25.6. The molecule has 4 heteroatoms. The van der Waals surface area contributed by atoms with Crippen LogP contribution in [0.15, 0.2) is 24.3 Å². The number of ether oxygens (including phenoxy) is 2. The van der Waals surface area contributed by atoms with Crippen molar-refractivity contribution in [1.29, 1.82) is 0 Å². The van der Waals surface area contributed by atoms with Crippen molar-refractivity contribution < 1.29 is 19.1 Å². The highest BCUT2D eigenvalue weighted by molar-refractivity contribution is 5.95. The molecule has 0 fully saturated rings. The van der Waals surface area contributed by atoms with Crippen molar-refractivity contribution in [3.05, 3.63) is 35.4 Å². The van der Waals surface area contributed by atoms with Gasteiger partial charge in [-0.3, -0.25) is 0 Å². The molecule has 4 nitrogen and oxygen atoms in total. The second-order valence-corrected chi connectivity index (χ2v) is 11.2. The predicted octanol–water partition coefficient (Wildman–Crippen LogP) is 10.3. The highest BCUT2D eigenvalue weighted by Crippen LogP contribution is 2.24. The molecule has 0 amide bonds. The Hall–Kier alpha value is -1.84. The normalized spacial score (nSPS) is 14.5. The van der Waals surface area contributed by atoms with Gasteiger partial charge in [0.05, 0.1) is 11.1 Å². The summed E-state index contributed by atoms with van der Waals surface area (Å²) in [6, 6.07) is 6.90. The van der Waals surface area contributed by atoms with Crippen molar-refractivity contribution in [3.63, 3.8) is 0 Å². The first kappa shape index (κ1) is 34.2. The molecule has 0 aliphatic rings. The van der Waals surface area contributed by atoms with Crippen molar-refractivity contribution in [1.82, 2.24) is 0 Å². The van der Waals surface area contributed by atoms with Gasteiger partial charge in [0.1, 0.15) is 12.2 Å². The van der Waals surface area contributed by atoms with E-state index in [0.717, 1.165) is 64.2 Å². The first-order valence-corrected chi connectivity index (χ1v) is 15.9. The Balaban J connectivity index is 2.85. The molecule has 1 rings (SSSR count). The minimum atomic E-state index is -0.336. The van der Waals surface area contributed by atoms with Crippen LogP contribution in [0.5, 0.6) is 0 Å². The van der Waals surface area contributed by atoms with Crippen LogP contribution in [0.1, 0.15) is 165 Å². The summed E-state index contributed by atoms with van der Waals surface area (Å²) in [5, 5.41) is 0. The van der Waals surface area contributed by atoms with Gasteiger partial charge in [0.2, 0.25) is 0 Å². The molecule has 1 aromatic carbocycles. The van der Waals surface area contributed by atoms with Crippen LogP contribution in [0.25, 0.3) is 0 Å². The maximum atomic E-state index is 13.1. The molecule has 0 bridgehead atoms. The predicted molar refractivity (Wildman–Crippen MR) is 160 cm³/mol.